The van der Waals surface area contributed by atoms with Crippen LogP contribution in [-0.4, -0.2) is 18.0 Å². The van der Waals surface area contributed by atoms with Crippen LogP contribution in [0.15, 0.2) is 69.1 Å². The molecule has 2 aromatic heterocycles. The maximum absolute atomic E-state index is 12.8. The first-order valence-corrected chi connectivity index (χ1v) is 10.5. The van der Waals surface area contributed by atoms with Gasteiger partial charge in [-0.1, -0.05) is 29.8 Å². The van der Waals surface area contributed by atoms with Crippen molar-refractivity contribution in [2.45, 2.75) is 11.9 Å². The van der Waals surface area contributed by atoms with Crippen molar-refractivity contribution >= 4 is 32.7 Å². The number of hydrogen-bond donors (Lipinski definition) is 0. The summed E-state index contributed by atoms with van der Waals surface area (Å²) in [6.45, 7) is 1.58. The van der Waals surface area contributed by atoms with Crippen molar-refractivity contribution in [1.29, 1.82) is 0 Å². The molecule has 8 nitrogen and oxygen atoms in total. The number of halogens is 1. The molecule has 0 spiro atoms. The Morgan fingerprint density at radius 1 is 1.10 bits per heavy atom. The normalized spacial score (nSPS) is 11.6. The Kier molecular flexibility index (Phi) is 5.00. The van der Waals surface area contributed by atoms with E-state index in [-0.39, 0.29) is 38.8 Å². The minimum absolute atomic E-state index is 0.0512. The summed E-state index contributed by atoms with van der Waals surface area (Å²) in [6, 6.07) is 12.9. The van der Waals surface area contributed by atoms with E-state index in [1.54, 1.807) is 38.2 Å². The molecule has 0 atom stereocenters. The lowest BCUT2D eigenvalue weighted by Crippen LogP contribution is -2.11. The monoisotopic (exact) mass is 446 g/mol. The molecular weight excluding hydrogens is 432 g/mol. The summed E-state index contributed by atoms with van der Waals surface area (Å²) in [5.41, 5.74) is -0.238. The molecule has 0 saturated heterocycles. The first-order chi connectivity index (χ1) is 14.3. The summed E-state index contributed by atoms with van der Waals surface area (Å²) in [5, 5.41) is -0.274. The SMILES string of the molecule is Cc1oc2cc(OS(=O)(=O)c3ncn(C)c3Cl)ccc2c(=O)c1Oc1ccccc1. The van der Waals surface area contributed by atoms with E-state index in [9.17, 15) is 13.2 Å². The largest absolute Gasteiger partial charge is 0.457 e. The molecule has 0 saturated carbocycles. The lowest BCUT2D eigenvalue weighted by atomic mass is 10.2. The molecule has 10 heteroatoms. The minimum atomic E-state index is -4.27. The zero-order valence-corrected chi connectivity index (χ0v) is 17.4. The van der Waals surface area contributed by atoms with Gasteiger partial charge in [-0.25, -0.2) is 4.98 Å². The number of hydrogen-bond acceptors (Lipinski definition) is 7. The Hall–Kier alpha value is -3.30. The van der Waals surface area contributed by atoms with Gasteiger partial charge in [0, 0.05) is 13.1 Å². The highest BCUT2D eigenvalue weighted by atomic mass is 35.5. The smallest absolute Gasteiger partial charge is 0.360 e. The highest BCUT2D eigenvalue weighted by Crippen LogP contribution is 2.29. The van der Waals surface area contributed by atoms with Gasteiger partial charge in [0.15, 0.2) is 5.15 Å². The van der Waals surface area contributed by atoms with E-state index in [1.165, 1.54) is 29.1 Å². The summed E-state index contributed by atoms with van der Waals surface area (Å²) < 4.78 is 42.8. The predicted octanol–water partition coefficient (Wildman–Crippen LogP) is 4.05. The van der Waals surface area contributed by atoms with Crippen molar-refractivity contribution in [3.63, 3.8) is 0 Å². The molecule has 2 heterocycles. The summed E-state index contributed by atoms with van der Waals surface area (Å²) >= 11 is 5.95. The summed E-state index contributed by atoms with van der Waals surface area (Å²) in [4.78, 5) is 16.6. The highest BCUT2D eigenvalue weighted by Gasteiger charge is 2.25. The maximum Gasteiger partial charge on any atom is 0.360 e. The Bertz CT molecular complexity index is 1410. The quantitative estimate of drug-likeness (QED) is 0.426. The molecule has 154 valence electrons. The molecule has 0 fully saturated rings. The van der Waals surface area contributed by atoms with Crippen LogP contribution in [0, 0.1) is 6.92 Å². The lowest BCUT2D eigenvalue weighted by molar-refractivity contribution is 0.436. The third kappa shape index (κ3) is 3.64. The number of para-hydroxylation sites is 1. The number of ether oxygens (including phenoxy) is 1. The van der Waals surface area contributed by atoms with E-state index in [4.69, 9.17) is 24.9 Å². The molecule has 0 radical (unpaired) electrons. The first-order valence-electron chi connectivity index (χ1n) is 8.68. The highest BCUT2D eigenvalue weighted by molar-refractivity contribution is 7.87. The Morgan fingerprint density at radius 3 is 2.50 bits per heavy atom. The van der Waals surface area contributed by atoms with E-state index < -0.39 is 15.1 Å². The average molecular weight is 447 g/mol. The van der Waals surface area contributed by atoms with E-state index in [0.29, 0.717) is 5.75 Å². The van der Waals surface area contributed by atoms with Crippen LogP contribution in [0.3, 0.4) is 0 Å². The van der Waals surface area contributed by atoms with E-state index >= 15 is 0 Å². The number of nitrogens with zero attached hydrogens (tertiary/aromatic N) is 2. The van der Waals surface area contributed by atoms with E-state index in [0.717, 1.165) is 0 Å². The Balaban J connectivity index is 1.71. The maximum atomic E-state index is 12.8. The molecule has 30 heavy (non-hydrogen) atoms. The van der Waals surface area contributed by atoms with Crippen molar-refractivity contribution in [2.75, 3.05) is 0 Å². The van der Waals surface area contributed by atoms with Gasteiger partial charge in [0.1, 0.15) is 22.8 Å². The zero-order chi connectivity index (χ0) is 21.5. The van der Waals surface area contributed by atoms with Gasteiger partial charge in [0.2, 0.25) is 16.2 Å². The molecule has 2 aromatic carbocycles. The molecule has 0 bridgehead atoms. The fraction of sp³-hybridized carbons (Fsp3) is 0.100. The molecule has 0 aliphatic heterocycles. The van der Waals surface area contributed by atoms with Crippen molar-refractivity contribution in [2.24, 2.45) is 7.05 Å². The van der Waals surface area contributed by atoms with Crippen LogP contribution in [-0.2, 0) is 17.2 Å². The number of aromatic nitrogens is 2. The second-order valence-corrected chi connectivity index (χ2v) is 8.20. The van der Waals surface area contributed by atoms with Crippen LogP contribution >= 0.6 is 11.6 Å². The number of aryl methyl sites for hydroxylation is 2. The molecule has 4 aromatic rings. The average Bonchev–Trinajstić information content (AvgIpc) is 3.05. The predicted molar refractivity (Wildman–Crippen MR) is 110 cm³/mol. The van der Waals surface area contributed by atoms with Crippen molar-refractivity contribution in [1.82, 2.24) is 9.55 Å². The third-order valence-electron chi connectivity index (χ3n) is 4.23. The van der Waals surface area contributed by atoms with Gasteiger partial charge in [0.05, 0.1) is 11.7 Å². The summed E-state index contributed by atoms with van der Waals surface area (Å²) in [7, 11) is -2.72. The number of benzene rings is 2. The van der Waals surface area contributed by atoms with Crippen molar-refractivity contribution in [3.8, 4) is 17.2 Å². The molecule has 0 N–H and O–H groups in total. The second kappa shape index (κ2) is 7.51. The zero-order valence-electron chi connectivity index (χ0n) is 15.8. The van der Waals surface area contributed by atoms with Gasteiger partial charge in [-0.3, -0.25) is 4.79 Å². The third-order valence-corrected chi connectivity index (χ3v) is 5.97. The molecule has 0 unspecified atom stereocenters. The van der Waals surface area contributed by atoms with Gasteiger partial charge in [0.25, 0.3) is 0 Å². The van der Waals surface area contributed by atoms with Crippen LogP contribution in [0.25, 0.3) is 11.0 Å². The molecule has 0 aliphatic rings. The van der Waals surface area contributed by atoms with Crippen LogP contribution in [0.1, 0.15) is 5.76 Å². The number of fused-ring (bicyclic) bond motifs is 1. The molecule has 0 amide bonds. The topological polar surface area (TPSA) is 101 Å². The van der Waals surface area contributed by atoms with Gasteiger partial charge in [-0.2, -0.15) is 8.42 Å². The molecule has 4 rings (SSSR count). The van der Waals surface area contributed by atoms with E-state index in [1.807, 2.05) is 6.07 Å². The summed E-state index contributed by atoms with van der Waals surface area (Å²) in [5.74, 6) is 0.730. The van der Waals surface area contributed by atoms with Gasteiger partial charge in [-0.05, 0) is 31.2 Å². The minimum Gasteiger partial charge on any atom is -0.457 e. The Labute approximate surface area is 176 Å². The van der Waals surface area contributed by atoms with Gasteiger partial charge in [-0.15, -0.1) is 0 Å². The van der Waals surface area contributed by atoms with Gasteiger partial charge < -0.3 is 17.9 Å². The fourth-order valence-electron chi connectivity index (χ4n) is 2.77. The van der Waals surface area contributed by atoms with Crippen molar-refractivity contribution in [3.05, 3.63) is 76.0 Å². The molecular formula is C20H15ClN2O6S. The van der Waals surface area contributed by atoms with E-state index in [2.05, 4.69) is 4.98 Å². The van der Waals surface area contributed by atoms with Crippen LogP contribution < -0.4 is 14.3 Å². The number of rotatable bonds is 5. The summed E-state index contributed by atoms with van der Waals surface area (Å²) in [6.07, 6.45) is 1.26. The molecule has 0 aliphatic carbocycles. The van der Waals surface area contributed by atoms with Crippen molar-refractivity contribution < 1.29 is 21.8 Å². The fourth-order valence-corrected chi connectivity index (χ4v) is 4.11. The second-order valence-electron chi connectivity index (χ2n) is 6.38. The van der Waals surface area contributed by atoms with Crippen LogP contribution in [0.5, 0.6) is 17.2 Å². The number of imidazole rings is 1. The Morgan fingerprint density at radius 2 is 1.83 bits per heavy atom. The van der Waals surface area contributed by atoms with Crippen LogP contribution in [0.2, 0.25) is 5.15 Å². The standard InChI is InChI=1S/C20H15ClN2O6S/c1-12-18(28-13-6-4-3-5-7-13)17(24)15-9-8-14(10-16(15)27-12)29-30(25,26)20-19(21)23(2)11-22-20/h3-11H,1-2H3. The van der Waals surface area contributed by atoms with Gasteiger partial charge >= 0.3 is 10.1 Å². The lowest BCUT2D eigenvalue weighted by Gasteiger charge is -2.10. The first kappa shape index (κ1) is 20.0. The van der Waals surface area contributed by atoms with Crippen LogP contribution in [0.4, 0.5) is 0 Å².